The molecular formula is C14H17N3O4S2. The van der Waals surface area contributed by atoms with Gasteiger partial charge in [0, 0.05) is 23.5 Å². The highest BCUT2D eigenvalue weighted by Gasteiger charge is 2.21. The van der Waals surface area contributed by atoms with Gasteiger partial charge < -0.3 is 9.47 Å². The normalized spacial score (nSPS) is 12.2. The molecule has 0 atom stereocenters. The number of benzene rings is 1. The Morgan fingerprint density at radius 2 is 1.96 bits per heavy atom. The van der Waals surface area contributed by atoms with Gasteiger partial charge in [-0.3, -0.25) is 0 Å². The highest BCUT2D eigenvalue weighted by molar-refractivity contribution is 7.92. The van der Waals surface area contributed by atoms with E-state index in [0.717, 1.165) is 18.0 Å². The molecule has 1 aromatic heterocycles. The number of methoxy groups -OCH3 is 2. The van der Waals surface area contributed by atoms with Crippen molar-refractivity contribution in [1.29, 1.82) is 0 Å². The molecule has 0 radical (unpaired) electrons. The van der Waals surface area contributed by atoms with E-state index in [0.29, 0.717) is 23.6 Å². The summed E-state index contributed by atoms with van der Waals surface area (Å²) < 4.78 is 42.1. The molecule has 0 aliphatic heterocycles. The van der Waals surface area contributed by atoms with Crippen molar-refractivity contribution in [1.82, 2.24) is 9.36 Å². The van der Waals surface area contributed by atoms with E-state index in [2.05, 4.69) is 13.8 Å². The van der Waals surface area contributed by atoms with Crippen LogP contribution in [-0.4, -0.2) is 37.9 Å². The lowest BCUT2D eigenvalue weighted by atomic mass is 10.2. The lowest BCUT2D eigenvalue weighted by molar-refractivity contribution is 0.390. The summed E-state index contributed by atoms with van der Waals surface area (Å²) in [6.07, 6.45) is 1.18. The quantitative estimate of drug-likeness (QED) is 0.584. The fourth-order valence-corrected chi connectivity index (χ4v) is 3.50. The molecule has 0 aliphatic rings. The van der Waals surface area contributed by atoms with Gasteiger partial charge in [0.1, 0.15) is 5.75 Å². The first kappa shape index (κ1) is 17.4. The summed E-state index contributed by atoms with van der Waals surface area (Å²) in [5, 5.41) is 0. The van der Waals surface area contributed by atoms with Gasteiger partial charge in [-0.05, 0) is 30.7 Å². The highest BCUT2D eigenvalue weighted by atomic mass is 32.2. The van der Waals surface area contributed by atoms with E-state index in [9.17, 15) is 8.42 Å². The van der Waals surface area contributed by atoms with Crippen molar-refractivity contribution in [3.05, 3.63) is 24.3 Å². The third-order valence-corrected chi connectivity index (χ3v) is 5.24. The first-order chi connectivity index (χ1) is 11.0. The first-order valence-corrected chi connectivity index (χ1v) is 9.07. The lowest BCUT2D eigenvalue weighted by Crippen LogP contribution is -2.06. The van der Waals surface area contributed by atoms with E-state index in [1.165, 1.54) is 7.11 Å². The van der Waals surface area contributed by atoms with Crippen molar-refractivity contribution in [2.45, 2.75) is 24.1 Å². The van der Waals surface area contributed by atoms with Gasteiger partial charge in [-0.25, -0.2) is 4.98 Å². The summed E-state index contributed by atoms with van der Waals surface area (Å²) >= 11 is 0.789. The monoisotopic (exact) mass is 355 g/mol. The lowest BCUT2D eigenvalue weighted by Gasteiger charge is -2.02. The zero-order valence-corrected chi connectivity index (χ0v) is 14.6. The molecule has 0 amide bonds. The van der Waals surface area contributed by atoms with Crippen LogP contribution in [0.5, 0.6) is 5.75 Å². The summed E-state index contributed by atoms with van der Waals surface area (Å²) in [4.78, 5) is 4.07. The van der Waals surface area contributed by atoms with Crippen molar-refractivity contribution in [3.63, 3.8) is 0 Å². The van der Waals surface area contributed by atoms with E-state index in [1.807, 2.05) is 6.92 Å². The first-order valence-electron chi connectivity index (χ1n) is 6.86. The molecule has 0 spiro atoms. The maximum atomic E-state index is 12.2. The van der Waals surface area contributed by atoms with Crippen molar-refractivity contribution < 1.29 is 17.9 Å². The largest absolute Gasteiger partial charge is 0.497 e. The Labute approximate surface area is 139 Å². The van der Waals surface area contributed by atoms with Crippen LogP contribution in [-0.2, 0) is 14.8 Å². The average molecular weight is 355 g/mol. The zero-order chi connectivity index (χ0) is 16.9. The molecule has 0 saturated carbocycles. The minimum Gasteiger partial charge on any atom is -0.497 e. The Bertz CT molecular complexity index is 783. The zero-order valence-electron chi connectivity index (χ0n) is 13.0. The van der Waals surface area contributed by atoms with Crippen LogP contribution in [0, 0.1) is 0 Å². The van der Waals surface area contributed by atoms with Crippen molar-refractivity contribution in [2.24, 2.45) is 4.40 Å². The van der Waals surface area contributed by atoms with Gasteiger partial charge in [0.15, 0.2) is 11.7 Å². The summed E-state index contributed by atoms with van der Waals surface area (Å²) in [6, 6.07) is 7.04. The van der Waals surface area contributed by atoms with Crippen LogP contribution in [0.25, 0.3) is 11.4 Å². The van der Waals surface area contributed by atoms with Crippen LogP contribution in [0.15, 0.2) is 33.0 Å². The Balaban J connectivity index is 2.30. The van der Waals surface area contributed by atoms with Crippen LogP contribution >= 0.6 is 11.5 Å². The molecule has 0 N–H and O–H groups in total. The van der Waals surface area contributed by atoms with Crippen LogP contribution in [0.1, 0.15) is 19.8 Å². The van der Waals surface area contributed by atoms with Gasteiger partial charge >= 0.3 is 10.0 Å². The van der Waals surface area contributed by atoms with E-state index < -0.39 is 10.0 Å². The van der Waals surface area contributed by atoms with Gasteiger partial charge in [-0.1, -0.05) is 6.92 Å². The fraction of sp³-hybridized carbons (Fsp3) is 0.357. The van der Waals surface area contributed by atoms with Crippen molar-refractivity contribution >= 4 is 27.5 Å². The number of rotatable bonds is 6. The molecule has 0 unspecified atom stereocenters. The third-order valence-electron chi connectivity index (χ3n) is 2.90. The molecule has 1 aromatic carbocycles. The Hall–Kier alpha value is -2.00. The summed E-state index contributed by atoms with van der Waals surface area (Å²) in [7, 11) is -0.943. The van der Waals surface area contributed by atoms with Crippen LogP contribution in [0.3, 0.4) is 0 Å². The predicted molar refractivity (Wildman–Crippen MR) is 88.4 cm³/mol. The maximum absolute atomic E-state index is 12.2. The number of ether oxygens (including phenoxy) is 2. The van der Waals surface area contributed by atoms with Crippen molar-refractivity contribution in [2.75, 3.05) is 14.2 Å². The maximum Gasteiger partial charge on any atom is 0.314 e. The minimum atomic E-state index is -3.91. The van der Waals surface area contributed by atoms with Crippen LogP contribution in [0.2, 0.25) is 0 Å². The molecule has 0 aliphatic carbocycles. The standard InChI is InChI=1S/C14H17N3O4S2/c1-4-5-12(21-3)17-23(18,19)14-15-13(16-22-14)10-6-8-11(20-2)9-7-10/h6-9H,4-5H2,1-3H3/b17-12+. The molecule has 23 heavy (non-hydrogen) atoms. The summed E-state index contributed by atoms with van der Waals surface area (Å²) in [6.45, 7) is 1.91. The molecule has 2 rings (SSSR count). The number of sulfonamides is 1. The van der Waals surface area contributed by atoms with Gasteiger partial charge in [0.25, 0.3) is 4.34 Å². The molecular weight excluding hydrogens is 338 g/mol. The second kappa shape index (κ2) is 7.51. The summed E-state index contributed by atoms with van der Waals surface area (Å²) in [5.41, 5.74) is 0.702. The van der Waals surface area contributed by atoms with Gasteiger partial charge in [-0.15, -0.1) is 4.40 Å². The molecule has 2 aromatic rings. The number of nitrogens with zero attached hydrogens (tertiary/aromatic N) is 3. The van der Waals surface area contributed by atoms with Crippen molar-refractivity contribution in [3.8, 4) is 17.1 Å². The summed E-state index contributed by atoms with van der Waals surface area (Å²) in [5.74, 6) is 1.19. The number of hydrogen-bond acceptors (Lipinski definition) is 7. The fourth-order valence-electron chi connectivity index (χ4n) is 1.74. The second-order valence-corrected chi connectivity index (χ2v) is 7.06. The average Bonchev–Trinajstić information content (AvgIpc) is 3.05. The highest BCUT2D eigenvalue weighted by Crippen LogP contribution is 2.24. The molecule has 0 saturated heterocycles. The van der Waals surface area contributed by atoms with Gasteiger partial charge in [0.2, 0.25) is 0 Å². The Morgan fingerprint density at radius 1 is 1.26 bits per heavy atom. The molecule has 124 valence electrons. The van der Waals surface area contributed by atoms with Gasteiger partial charge in [0.05, 0.1) is 14.2 Å². The van der Waals surface area contributed by atoms with Crippen LogP contribution < -0.4 is 4.74 Å². The molecule has 7 nitrogen and oxygen atoms in total. The third kappa shape index (κ3) is 4.26. The second-order valence-electron chi connectivity index (χ2n) is 4.53. The predicted octanol–water partition coefficient (Wildman–Crippen LogP) is 2.75. The van der Waals surface area contributed by atoms with E-state index >= 15 is 0 Å². The SMILES string of the molecule is CCC/C(=N\S(=O)(=O)c1nc(-c2ccc(OC)cc2)ns1)OC. The van der Waals surface area contributed by atoms with E-state index in [4.69, 9.17) is 9.47 Å². The van der Waals surface area contributed by atoms with Crippen LogP contribution in [0.4, 0.5) is 0 Å². The molecule has 0 bridgehead atoms. The Kier molecular flexibility index (Phi) is 5.67. The molecule has 9 heteroatoms. The number of aromatic nitrogens is 2. The topological polar surface area (TPSA) is 90.7 Å². The van der Waals surface area contributed by atoms with E-state index in [-0.39, 0.29) is 10.2 Å². The smallest absolute Gasteiger partial charge is 0.314 e. The molecule has 1 heterocycles. The molecule has 0 fully saturated rings. The Morgan fingerprint density at radius 3 is 2.52 bits per heavy atom. The number of hydrogen-bond donors (Lipinski definition) is 0. The van der Waals surface area contributed by atoms with Gasteiger partial charge in [-0.2, -0.15) is 12.8 Å². The van der Waals surface area contributed by atoms with E-state index in [1.54, 1.807) is 31.4 Å². The minimum absolute atomic E-state index is 0.158.